The number of nitrogens with one attached hydrogen (secondary N) is 1. The molecule has 1 nitrogen and oxygen atoms in total. The van der Waals surface area contributed by atoms with Crippen LogP contribution in [0.15, 0.2) is 18.2 Å². The fraction of sp³-hybridized carbons (Fsp3) is 0.500. The zero-order chi connectivity index (χ0) is 11.0. The lowest BCUT2D eigenvalue weighted by molar-refractivity contribution is 0.552. The first kappa shape index (κ1) is 11.3. The fourth-order valence-electron chi connectivity index (χ4n) is 1.80. The highest BCUT2D eigenvalue weighted by Crippen LogP contribution is 2.32. The van der Waals surface area contributed by atoms with Crippen molar-refractivity contribution in [3.63, 3.8) is 0 Å². The second-order valence-electron chi connectivity index (χ2n) is 4.41. The Hall–Kier alpha value is -0.240. The molecule has 82 valence electrons. The molecule has 0 aromatic heterocycles. The molecule has 1 N–H and O–H groups in total. The molecule has 2 rings (SSSR count). The van der Waals surface area contributed by atoms with Crippen LogP contribution in [-0.4, -0.2) is 6.04 Å². The van der Waals surface area contributed by atoms with E-state index in [2.05, 4.69) is 19.2 Å². The minimum absolute atomic E-state index is 0.316. The number of halogens is 2. The third-order valence-electron chi connectivity index (χ3n) is 2.96. The van der Waals surface area contributed by atoms with Crippen LogP contribution in [0, 0.1) is 5.92 Å². The van der Waals surface area contributed by atoms with Crippen molar-refractivity contribution in [2.45, 2.75) is 32.4 Å². The standard InChI is InChI=1S/C12H15Cl2N/c1-7-3-12(7)15-8(2)9-4-10(13)6-11(14)5-9/h4-8,12,15H,3H2,1-2H3. The van der Waals surface area contributed by atoms with E-state index in [1.54, 1.807) is 6.07 Å². The zero-order valence-electron chi connectivity index (χ0n) is 8.93. The van der Waals surface area contributed by atoms with Crippen LogP contribution in [0.4, 0.5) is 0 Å². The van der Waals surface area contributed by atoms with Crippen molar-refractivity contribution in [3.05, 3.63) is 33.8 Å². The van der Waals surface area contributed by atoms with Gasteiger partial charge >= 0.3 is 0 Å². The van der Waals surface area contributed by atoms with Gasteiger partial charge in [-0.2, -0.15) is 0 Å². The van der Waals surface area contributed by atoms with E-state index in [1.165, 1.54) is 6.42 Å². The van der Waals surface area contributed by atoms with Crippen molar-refractivity contribution in [3.8, 4) is 0 Å². The van der Waals surface area contributed by atoms with Gasteiger partial charge in [0.05, 0.1) is 0 Å². The first-order valence-electron chi connectivity index (χ1n) is 5.28. The van der Waals surface area contributed by atoms with Crippen molar-refractivity contribution in [2.24, 2.45) is 5.92 Å². The van der Waals surface area contributed by atoms with Crippen molar-refractivity contribution in [1.29, 1.82) is 0 Å². The summed E-state index contributed by atoms with van der Waals surface area (Å²) in [4.78, 5) is 0. The maximum Gasteiger partial charge on any atom is 0.0424 e. The van der Waals surface area contributed by atoms with E-state index in [0.29, 0.717) is 22.1 Å². The summed E-state index contributed by atoms with van der Waals surface area (Å²) in [5.74, 6) is 0.808. The SMILES string of the molecule is CC(NC1CC1C)c1cc(Cl)cc(Cl)c1. The Bertz CT molecular complexity index is 344. The zero-order valence-corrected chi connectivity index (χ0v) is 10.4. The second kappa shape index (κ2) is 4.32. The first-order valence-corrected chi connectivity index (χ1v) is 6.04. The number of rotatable bonds is 3. The largest absolute Gasteiger partial charge is 0.307 e. The summed E-state index contributed by atoms with van der Waals surface area (Å²) in [6.45, 7) is 4.41. The van der Waals surface area contributed by atoms with Crippen molar-refractivity contribution in [1.82, 2.24) is 5.32 Å². The number of hydrogen-bond acceptors (Lipinski definition) is 1. The van der Waals surface area contributed by atoms with Crippen LogP contribution in [0.5, 0.6) is 0 Å². The molecule has 1 saturated carbocycles. The van der Waals surface area contributed by atoms with Crippen LogP contribution >= 0.6 is 23.2 Å². The molecule has 0 spiro atoms. The summed E-state index contributed by atoms with van der Waals surface area (Å²) < 4.78 is 0. The Morgan fingerprint density at radius 2 is 1.80 bits per heavy atom. The third kappa shape index (κ3) is 2.87. The quantitative estimate of drug-likeness (QED) is 0.845. The predicted molar refractivity (Wildman–Crippen MR) is 65.6 cm³/mol. The lowest BCUT2D eigenvalue weighted by Crippen LogP contribution is -2.21. The molecule has 0 aliphatic heterocycles. The van der Waals surface area contributed by atoms with Gasteiger partial charge in [-0.15, -0.1) is 0 Å². The van der Waals surface area contributed by atoms with Crippen LogP contribution in [0.2, 0.25) is 10.0 Å². The van der Waals surface area contributed by atoms with Crippen molar-refractivity contribution in [2.75, 3.05) is 0 Å². The van der Waals surface area contributed by atoms with Gasteiger partial charge in [0.1, 0.15) is 0 Å². The Morgan fingerprint density at radius 1 is 1.27 bits per heavy atom. The van der Waals surface area contributed by atoms with Gasteiger partial charge in [0.15, 0.2) is 0 Å². The van der Waals surface area contributed by atoms with Gasteiger partial charge < -0.3 is 5.32 Å². The first-order chi connectivity index (χ1) is 7.06. The maximum atomic E-state index is 5.96. The third-order valence-corrected chi connectivity index (χ3v) is 3.39. The molecule has 0 saturated heterocycles. The molecule has 0 amide bonds. The van der Waals surface area contributed by atoms with E-state index < -0.39 is 0 Å². The van der Waals surface area contributed by atoms with Gasteiger partial charge in [-0.05, 0) is 43.0 Å². The summed E-state index contributed by atoms with van der Waals surface area (Å²) in [6.07, 6.45) is 1.28. The molecule has 0 bridgehead atoms. The van der Waals surface area contributed by atoms with E-state index >= 15 is 0 Å². The van der Waals surface area contributed by atoms with Gasteiger partial charge in [0, 0.05) is 22.1 Å². The molecule has 1 aromatic rings. The van der Waals surface area contributed by atoms with Crippen LogP contribution in [-0.2, 0) is 0 Å². The van der Waals surface area contributed by atoms with Gasteiger partial charge in [-0.1, -0.05) is 30.1 Å². The molecule has 0 radical (unpaired) electrons. The molecule has 1 aliphatic carbocycles. The van der Waals surface area contributed by atoms with Crippen LogP contribution < -0.4 is 5.32 Å². The van der Waals surface area contributed by atoms with E-state index in [0.717, 1.165) is 11.5 Å². The normalized spacial score (nSPS) is 26.4. The van der Waals surface area contributed by atoms with E-state index in [9.17, 15) is 0 Å². The summed E-state index contributed by atoms with van der Waals surface area (Å²) in [5.41, 5.74) is 1.16. The monoisotopic (exact) mass is 243 g/mol. The van der Waals surface area contributed by atoms with Gasteiger partial charge in [0.2, 0.25) is 0 Å². The molecule has 0 heterocycles. The Kier molecular flexibility index (Phi) is 3.24. The van der Waals surface area contributed by atoms with Crippen LogP contribution in [0.25, 0.3) is 0 Å². The van der Waals surface area contributed by atoms with Crippen LogP contribution in [0.1, 0.15) is 31.9 Å². The predicted octanol–water partition coefficient (Wildman–Crippen LogP) is 4.05. The fourth-order valence-corrected chi connectivity index (χ4v) is 2.34. The van der Waals surface area contributed by atoms with E-state index in [1.807, 2.05) is 12.1 Å². The molecule has 15 heavy (non-hydrogen) atoms. The van der Waals surface area contributed by atoms with E-state index in [-0.39, 0.29) is 0 Å². The lowest BCUT2D eigenvalue weighted by Gasteiger charge is -2.14. The summed E-state index contributed by atoms with van der Waals surface area (Å²) in [6, 6.07) is 6.68. The summed E-state index contributed by atoms with van der Waals surface area (Å²) in [5, 5.41) is 4.96. The highest BCUT2D eigenvalue weighted by molar-refractivity contribution is 6.34. The minimum Gasteiger partial charge on any atom is -0.307 e. The van der Waals surface area contributed by atoms with Gasteiger partial charge in [0.25, 0.3) is 0 Å². The molecular formula is C12H15Cl2N. The van der Waals surface area contributed by atoms with Gasteiger partial charge in [-0.25, -0.2) is 0 Å². The van der Waals surface area contributed by atoms with Gasteiger partial charge in [-0.3, -0.25) is 0 Å². The Balaban J connectivity index is 2.07. The highest BCUT2D eigenvalue weighted by atomic mass is 35.5. The number of hydrogen-bond donors (Lipinski definition) is 1. The minimum atomic E-state index is 0.316. The van der Waals surface area contributed by atoms with Crippen LogP contribution in [0.3, 0.4) is 0 Å². The Morgan fingerprint density at radius 3 is 2.27 bits per heavy atom. The molecule has 1 aromatic carbocycles. The maximum absolute atomic E-state index is 5.96. The second-order valence-corrected chi connectivity index (χ2v) is 5.28. The van der Waals surface area contributed by atoms with Crippen molar-refractivity contribution >= 4 is 23.2 Å². The molecule has 3 heteroatoms. The topological polar surface area (TPSA) is 12.0 Å². The number of benzene rings is 1. The summed E-state index contributed by atoms with van der Waals surface area (Å²) in [7, 11) is 0. The molecule has 1 aliphatic rings. The molecule has 3 atom stereocenters. The highest BCUT2D eigenvalue weighted by Gasteiger charge is 2.33. The average Bonchev–Trinajstić information content (AvgIpc) is 2.79. The summed E-state index contributed by atoms with van der Waals surface area (Å²) >= 11 is 11.9. The van der Waals surface area contributed by atoms with Crippen molar-refractivity contribution < 1.29 is 0 Å². The molecule has 3 unspecified atom stereocenters. The van der Waals surface area contributed by atoms with E-state index in [4.69, 9.17) is 23.2 Å². The average molecular weight is 244 g/mol. The Labute approximate surface area is 101 Å². The molecular weight excluding hydrogens is 229 g/mol. The molecule has 1 fully saturated rings. The smallest absolute Gasteiger partial charge is 0.0424 e. The lowest BCUT2D eigenvalue weighted by atomic mass is 10.1.